The van der Waals surface area contributed by atoms with Crippen LogP contribution in [-0.4, -0.2) is 35.2 Å². The Morgan fingerprint density at radius 1 is 0.800 bits per heavy atom. The maximum absolute atomic E-state index is 15.0. The zero-order chi connectivity index (χ0) is 30.5. The molecule has 45 heavy (non-hydrogen) atoms. The van der Waals surface area contributed by atoms with E-state index < -0.39 is 11.6 Å². The average molecular weight is 605 g/mol. The summed E-state index contributed by atoms with van der Waals surface area (Å²) >= 11 is 0. The Hall–Kier alpha value is -5.64. The van der Waals surface area contributed by atoms with Crippen LogP contribution in [0.2, 0.25) is 0 Å². The van der Waals surface area contributed by atoms with Crippen LogP contribution >= 0.6 is 0 Å². The second-order valence-electron chi connectivity index (χ2n) is 11.2. The van der Waals surface area contributed by atoms with Gasteiger partial charge in [0.15, 0.2) is 28.5 Å². The van der Waals surface area contributed by atoms with Gasteiger partial charge in [0.1, 0.15) is 11.5 Å². The van der Waals surface area contributed by atoms with Crippen LogP contribution in [0, 0.1) is 6.92 Å². The Morgan fingerprint density at radius 3 is 2.13 bits per heavy atom. The maximum atomic E-state index is 15.0. The zero-order valence-corrected chi connectivity index (χ0v) is 24.3. The number of likely N-dealkylation sites (tertiary alicyclic amines) is 1. The number of benzene rings is 3. The van der Waals surface area contributed by atoms with Crippen LogP contribution in [0.1, 0.15) is 44.6 Å². The smallest absolute Gasteiger partial charge is 0.256 e. The molecule has 0 spiro atoms. The maximum Gasteiger partial charge on any atom is 0.256 e. The largest absolute Gasteiger partial charge is 0.467 e. The monoisotopic (exact) mass is 604 g/mol. The highest BCUT2D eigenvalue weighted by atomic mass is 16.7. The highest BCUT2D eigenvalue weighted by Crippen LogP contribution is 2.57. The topological polar surface area (TPSA) is 104 Å². The lowest BCUT2D eigenvalue weighted by atomic mass is 9.68. The highest BCUT2D eigenvalue weighted by molar-refractivity contribution is 6.03. The van der Waals surface area contributed by atoms with Gasteiger partial charge in [-0.25, -0.2) is 0 Å². The van der Waals surface area contributed by atoms with Gasteiger partial charge >= 0.3 is 0 Å². The number of hydrogen-bond acceptors (Lipinski definition) is 8. The lowest BCUT2D eigenvalue weighted by Crippen LogP contribution is -2.73. The van der Waals surface area contributed by atoms with Gasteiger partial charge in [-0.2, -0.15) is 0 Å². The number of hydrogen-bond donors (Lipinski definition) is 0. The van der Waals surface area contributed by atoms with Crippen molar-refractivity contribution in [2.75, 3.05) is 13.6 Å². The van der Waals surface area contributed by atoms with Gasteiger partial charge < -0.3 is 37.6 Å². The van der Waals surface area contributed by atoms with E-state index in [0.29, 0.717) is 45.6 Å². The third-order valence-corrected chi connectivity index (χ3v) is 8.59. The first-order valence-corrected chi connectivity index (χ1v) is 14.6. The third kappa shape index (κ3) is 4.32. The van der Waals surface area contributed by atoms with Gasteiger partial charge in [-0.15, -0.1) is 0 Å². The van der Waals surface area contributed by atoms with Crippen LogP contribution in [0.15, 0.2) is 106 Å². The summed E-state index contributed by atoms with van der Waals surface area (Å²) in [6.07, 6.45) is 3.13. The molecule has 5 aromatic rings. The minimum Gasteiger partial charge on any atom is -0.467 e. The van der Waals surface area contributed by atoms with E-state index in [4.69, 9.17) is 27.8 Å². The van der Waals surface area contributed by atoms with Crippen molar-refractivity contribution < 1.29 is 37.4 Å². The molecule has 226 valence electrons. The van der Waals surface area contributed by atoms with Crippen molar-refractivity contribution in [3.05, 3.63) is 131 Å². The molecule has 2 atom stereocenters. The molecule has 10 heteroatoms. The second-order valence-corrected chi connectivity index (χ2v) is 11.2. The number of furan rings is 2. The van der Waals surface area contributed by atoms with Gasteiger partial charge in [-0.1, -0.05) is 29.8 Å². The van der Waals surface area contributed by atoms with E-state index >= 15 is 4.79 Å². The normalized spacial score (nSPS) is 19.4. The van der Waals surface area contributed by atoms with Crippen LogP contribution in [0.25, 0.3) is 0 Å². The Labute approximate surface area is 258 Å². The lowest BCUT2D eigenvalue weighted by molar-refractivity contribution is -0.180. The van der Waals surface area contributed by atoms with Crippen LogP contribution in [0.3, 0.4) is 0 Å². The Kier molecular flexibility index (Phi) is 6.30. The van der Waals surface area contributed by atoms with Gasteiger partial charge in [0.05, 0.1) is 31.7 Å². The molecule has 0 unspecified atom stereocenters. The van der Waals surface area contributed by atoms with Gasteiger partial charge in [0.25, 0.3) is 11.8 Å². The Morgan fingerprint density at radius 2 is 1.44 bits per heavy atom. The average Bonchev–Trinajstić information content (AvgIpc) is 3.89. The fraction of sp³-hybridized carbons (Fsp3) is 0.200. The van der Waals surface area contributed by atoms with E-state index in [0.717, 1.165) is 11.1 Å². The van der Waals surface area contributed by atoms with E-state index in [-0.39, 0.29) is 38.5 Å². The number of rotatable bonds is 8. The summed E-state index contributed by atoms with van der Waals surface area (Å²) in [5, 5.41) is 0. The molecule has 2 aromatic heterocycles. The predicted octanol–water partition coefficient (Wildman–Crippen LogP) is 5.96. The molecule has 0 N–H and O–H groups in total. The number of aryl methyl sites for hydroxylation is 1. The summed E-state index contributed by atoms with van der Waals surface area (Å²) in [5.41, 5.74) is 1.24. The summed E-state index contributed by atoms with van der Waals surface area (Å²) in [4.78, 5) is 33.1. The molecule has 3 aromatic carbocycles. The van der Waals surface area contributed by atoms with E-state index in [1.807, 2.05) is 49.4 Å². The summed E-state index contributed by atoms with van der Waals surface area (Å²) in [7, 11) is 0. The summed E-state index contributed by atoms with van der Waals surface area (Å²) in [6, 6.07) is 24.8. The summed E-state index contributed by atoms with van der Waals surface area (Å²) in [5.74, 6) is 2.75. The first-order chi connectivity index (χ1) is 22.0. The molecular weight excluding hydrogens is 576 g/mol. The number of β-lactam (4-membered cyclic amide) rings is 1. The number of fused-ring (bicyclic) bond motifs is 2. The molecule has 0 bridgehead atoms. The molecule has 1 fully saturated rings. The number of carbonyl (C=O) groups excluding carboxylic acids is 2. The van der Waals surface area contributed by atoms with Crippen LogP contribution in [-0.2, 0) is 23.4 Å². The van der Waals surface area contributed by atoms with Crippen molar-refractivity contribution in [3.8, 4) is 23.0 Å². The molecule has 1 saturated heterocycles. The lowest BCUT2D eigenvalue weighted by Gasteiger charge is -2.60. The fourth-order valence-electron chi connectivity index (χ4n) is 6.45. The highest BCUT2D eigenvalue weighted by Gasteiger charge is 2.67. The summed E-state index contributed by atoms with van der Waals surface area (Å²) < 4.78 is 34.2. The van der Waals surface area contributed by atoms with Gasteiger partial charge in [-0.05, 0) is 78.7 Å². The zero-order valence-electron chi connectivity index (χ0n) is 24.3. The van der Waals surface area contributed by atoms with Crippen molar-refractivity contribution in [1.29, 1.82) is 0 Å². The van der Waals surface area contributed by atoms with E-state index in [1.54, 1.807) is 64.8 Å². The molecular formula is C35H28N2O8. The standard InChI is InChI=1S/C35H28N2O8/c1-22-6-8-23(9-7-22)33(38)37(19-27-5-3-15-41-27)35(25-11-13-29-31(17-25)45-21-43-29)32(24-10-12-28-30(16-24)44-20-42-28)36(34(35)39)18-26-4-2-14-40-26/h2-17,32H,18-21H2,1H3/t32-,35+/m1/s1. The number of ether oxygens (including phenoxy) is 4. The second kappa shape index (κ2) is 10.5. The minimum atomic E-state index is -1.53. The fourth-order valence-corrected chi connectivity index (χ4v) is 6.45. The predicted molar refractivity (Wildman–Crippen MR) is 159 cm³/mol. The molecule has 8 rings (SSSR count). The Balaban J connectivity index is 1.36. The molecule has 3 aliphatic heterocycles. The molecule has 3 aliphatic rings. The summed E-state index contributed by atoms with van der Waals surface area (Å²) in [6.45, 7) is 2.33. The van der Waals surface area contributed by atoms with Gasteiger partial charge in [-0.3, -0.25) is 9.59 Å². The number of nitrogens with zero attached hydrogens (tertiary/aromatic N) is 2. The Bertz CT molecular complexity index is 1880. The molecule has 0 aliphatic carbocycles. The van der Waals surface area contributed by atoms with E-state index in [9.17, 15) is 4.79 Å². The van der Waals surface area contributed by atoms with Gasteiger partial charge in [0, 0.05) is 5.56 Å². The number of carbonyl (C=O) groups is 2. The molecule has 10 nitrogen and oxygen atoms in total. The van der Waals surface area contributed by atoms with Crippen molar-refractivity contribution in [2.24, 2.45) is 0 Å². The van der Waals surface area contributed by atoms with Crippen molar-refractivity contribution in [2.45, 2.75) is 31.6 Å². The minimum absolute atomic E-state index is 0.0233. The first-order valence-electron chi connectivity index (χ1n) is 14.6. The van der Waals surface area contributed by atoms with Crippen LogP contribution in [0.4, 0.5) is 0 Å². The first kappa shape index (κ1) is 26.9. The quantitative estimate of drug-likeness (QED) is 0.200. The molecule has 2 amide bonds. The van der Waals surface area contributed by atoms with Crippen molar-refractivity contribution in [3.63, 3.8) is 0 Å². The molecule has 0 radical (unpaired) electrons. The van der Waals surface area contributed by atoms with Crippen LogP contribution in [0.5, 0.6) is 23.0 Å². The van der Waals surface area contributed by atoms with Gasteiger partial charge in [0.2, 0.25) is 13.6 Å². The van der Waals surface area contributed by atoms with E-state index in [2.05, 4.69) is 0 Å². The van der Waals surface area contributed by atoms with E-state index in [1.165, 1.54) is 0 Å². The SMILES string of the molecule is Cc1ccc(C(=O)N(Cc2ccco2)[C@]2(c3ccc4c(c3)OCO4)C(=O)N(Cc3ccco3)[C@@H]2c2ccc3c(c2)OCO3)cc1. The number of amides is 2. The van der Waals surface area contributed by atoms with Crippen LogP contribution < -0.4 is 18.9 Å². The third-order valence-electron chi connectivity index (χ3n) is 8.59. The molecule has 5 heterocycles. The molecule has 0 saturated carbocycles. The van der Waals surface area contributed by atoms with Crippen molar-refractivity contribution >= 4 is 11.8 Å². The van der Waals surface area contributed by atoms with Crippen molar-refractivity contribution in [1.82, 2.24) is 9.80 Å².